The zero-order valence-corrected chi connectivity index (χ0v) is 12.5. The maximum Gasteiger partial charge on any atom is 0.321 e. The molecule has 2 amide bonds. The second-order valence-electron chi connectivity index (χ2n) is 4.93. The van der Waals surface area contributed by atoms with Crippen LogP contribution in [0.2, 0.25) is 0 Å². The van der Waals surface area contributed by atoms with Crippen LogP contribution in [0.4, 0.5) is 10.5 Å². The normalized spacial score (nSPS) is 13.7. The van der Waals surface area contributed by atoms with Crippen molar-refractivity contribution in [1.82, 2.24) is 10.2 Å². The summed E-state index contributed by atoms with van der Waals surface area (Å²) in [4.78, 5) is 13.8. The van der Waals surface area contributed by atoms with E-state index in [1.165, 1.54) is 0 Å². The van der Waals surface area contributed by atoms with Crippen LogP contribution in [-0.4, -0.2) is 31.1 Å². The first-order valence-corrected chi connectivity index (χ1v) is 6.80. The van der Waals surface area contributed by atoms with Gasteiger partial charge in [-0.05, 0) is 45.0 Å². The summed E-state index contributed by atoms with van der Waals surface area (Å²) >= 11 is 0. The Morgan fingerprint density at radius 2 is 2.05 bits per heavy atom. The van der Waals surface area contributed by atoms with Gasteiger partial charge in [-0.15, -0.1) is 0 Å². The molecule has 2 atom stereocenters. The van der Waals surface area contributed by atoms with Crippen LogP contribution in [0, 0.1) is 0 Å². The minimum absolute atomic E-state index is 0.0661. The molecule has 0 bridgehead atoms. The SMILES string of the molecule is CCC(C)N(C)C(=O)Nc1cccc(C(C)NC)c1. The molecule has 0 fully saturated rings. The summed E-state index contributed by atoms with van der Waals surface area (Å²) in [5, 5.41) is 6.12. The number of carbonyl (C=O) groups excluding carboxylic acids is 1. The van der Waals surface area contributed by atoms with Crippen molar-refractivity contribution in [2.45, 2.75) is 39.3 Å². The number of rotatable bonds is 5. The molecule has 0 radical (unpaired) electrons. The quantitative estimate of drug-likeness (QED) is 0.856. The molecular formula is C15H25N3O. The fraction of sp³-hybridized carbons (Fsp3) is 0.533. The number of amides is 2. The van der Waals surface area contributed by atoms with Gasteiger partial charge in [0.25, 0.3) is 0 Å². The smallest absolute Gasteiger partial charge is 0.321 e. The van der Waals surface area contributed by atoms with Crippen molar-refractivity contribution in [2.75, 3.05) is 19.4 Å². The van der Waals surface area contributed by atoms with Crippen LogP contribution in [0.25, 0.3) is 0 Å². The van der Waals surface area contributed by atoms with E-state index in [1.54, 1.807) is 4.90 Å². The minimum Gasteiger partial charge on any atom is -0.325 e. The van der Waals surface area contributed by atoms with Crippen LogP contribution < -0.4 is 10.6 Å². The Balaban J connectivity index is 2.74. The first kappa shape index (κ1) is 15.5. The zero-order valence-electron chi connectivity index (χ0n) is 12.5. The molecule has 1 aromatic rings. The molecule has 0 aliphatic rings. The molecule has 0 aliphatic carbocycles. The zero-order chi connectivity index (χ0) is 14.4. The minimum atomic E-state index is -0.0661. The van der Waals surface area contributed by atoms with Crippen molar-refractivity contribution < 1.29 is 4.79 Å². The van der Waals surface area contributed by atoms with Gasteiger partial charge in [-0.3, -0.25) is 0 Å². The van der Waals surface area contributed by atoms with Gasteiger partial charge < -0.3 is 15.5 Å². The lowest BCUT2D eigenvalue weighted by Crippen LogP contribution is -2.37. The van der Waals surface area contributed by atoms with Crippen molar-refractivity contribution in [3.8, 4) is 0 Å². The van der Waals surface area contributed by atoms with Gasteiger partial charge in [0.2, 0.25) is 0 Å². The van der Waals surface area contributed by atoms with E-state index in [2.05, 4.69) is 30.5 Å². The van der Waals surface area contributed by atoms with Gasteiger partial charge in [-0.1, -0.05) is 19.1 Å². The van der Waals surface area contributed by atoms with E-state index in [4.69, 9.17) is 0 Å². The molecule has 0 spiro atoms. The Labute approximate surface area is 116 Å². The summed E-state index contributed by atoms with van der Waals surface area (Å²) in [6.07, 6.45) is 0.945. The Bertz CT molecular complexity index is 420. The first-order chi connectivity index (χ1) is 8.99. The predicted molar refractivity (Wildman–Crippen MR) is 80.5 cm³/mol. The van der Waals surface area contributed by atoms with Crippen LogP contribution in [0.5, 0.6) is 0 Å². The van der Waals surface area contributed by atoms with Gasteiger partial charge >= 0.3 is 6.03 Å². The molecule has 106 valence electrons. The molecule has 0 aliphatic heterocycles. The summed E-state index contributed by atoms with van der Waals surface area (Å²) in [6.45, 7) is 6.20. The highest BCUT2D eigenvalue weighted by Crippen LogP contribution is 2.17. The largest absolute Gasteiger partial charge is 0.325 e. The molecular weight excluding hydrogens is 238 g/mol. The van der Waals surface area contributed by atoms with E-state index in [0.29, 0.717) is 0 Å². The Hall–Kier alpha value is -1.55. The third-order valence-corrected chi connectivity index (χ3v) is 3.64. The fourth-order valence-corrected chi connectivity index (χ4v) is 1.74. The second-order valence-corrected chi connectivity index (χ2v) is 4.93. The molecule has 0 heterocycles. The summed E-state index contributed by atoms with van der Waals surface area (Å²) in [7, 11) is 3.75. The number of hydrogen-bond donors (Lipinski definition) is 2. The number of nitrogens with one attached hydrogen (secondary N) is 2. The molecule has 0 aromatic heterocycles. The molecule has 2 unspecified atom stereocenters. The number of benzene rings is 1. The topological polar surface area (TPSA) is 44.4 Å². The Morgan fingerprint density at radius 3 is 2.63 bits per heavy atom. The summed E-state index contributed by atoms with van der Waals surface area (Å²) in [5.41, 5.74) is 1.99. The lowest BCUT2D eigenvalue weighted by molar-refractivity contribution is 0.206. The van der Waals surface area contributed by atoms with E-state index < -0.39 is 0 Å². The van der Waals surface area contributed by atoms with Crippen LogP contribution in [0.3, 0.4) is 0 Å². The van der Waals surface area contributed by atoms with E-state index in [0.717, 1.165) is 17.7 Å². The number of anilines is 1. The first-order valence-electron chi connectivity index (χ1n) is 6.80. The van der Waals surface area contributed by atoms with Gasteiger partial charge in [0.1, 0.15) is 0 Å². The average Bonchev–Trinajstić information content (AvgIpc) is 2.44. The number of hydrogen-bond acceptors (Lipinski definition) is 2. The predicted octanol–water partition coefficient (Wildman–Crippen LogP) is 3.23. The number of urea groups is 1. The molecule has 4 nitrogen and oxygen atoms in total. The van der Waals surface area contributed by atoms with Crippen LogP contribution in [0.1, 0.15) is 38.8 Å². The van der Waals surface area contributed by atoms with Gasteiger partial charge in [0, 0.05) is 24.8 Å². The van der Waals surface area contributed by atoms with Gasteiger partial charge in [-0.25, -0.2) is 4.79 Å². The summed E-state index contributed by atoms with van der Waals surface area (Å²) in [5.74, 6) is 0. The van der Waals surface area contributed by atoms with Crippen molar-refractivity contribution in [3.05, 3.63) is 29.8 Å². The molecule has 0 saturated heterocycles. The second kappa shape index (κ2) is 7.14. The highest BCUT2D eigenvalue weighted by atomic mass is 16.2. The van der Waals surface area contributed by atoms with E-state index in [-0.39, 0.29) is 18.1 Å². The van der Waals surface area contributed by atoms with Gasteiger partial charge in [0.05, 0.1) is 0 Å². The highest BCUT2D eigenvalue weighted by molar-refractivity contribution is 5.89. The van der Waals surface area contributed by atoms with Crippen LogP contribution in [0.15, 0.2) is 24.3 Å². The average molecular weight is 263 g/mol. The van der Waals surface area contributed by atoms with Crippen molar-refractivity contribution in [1.29, 1.82) is 0 Å². The Kier molecular flexibility index (Phi) is 5.83. The number of carbonyl (C=O) groups is 1. The van der Waals surface area contributed by atoms with Crippen molar-refractivity contribution >= 4 is 11.7 Å². The van der Waals surface area contributed by atoms with Crippen molar-refractivity contribution in [2.24, 2.45) is 0 Å². The lowest BCUT2D eigenvalue weighted by Gasteiger charge is -2.24. The molecule has 19 heavy (non-hydrogen) atoms. The third kappa shape index (κ3) is 4.24. The fourth-order valence-electron chi connectivity index (χ4n) is 1.74. The molecule has 4 heteroatoms. The van der Waals surface area contributed by atoms with E-state index in [9.17, 15) is 4.79 Å². The van der Waals surface area contributed by atoms with Gasteiger partial charge in [-0.2, -0.15) is 0 Å². The third-order valence-electron chi connectivity index (χ3n) is 3.64. The monoisotopic (exact) mass is 263 g/mol. The Morgan fingerprint density at radius 1 is 1.37 bits per heavy atom. The maximum absolute atomic E-state index is 12.1. The maximum atomic E-state index is 12.1. The lowest BCUT2D eigenvalue weighted by atomic mass is 10.1. The molecule has 1 aromatic carbocycles. The summed E-state index contributed by atoms with van der Waals surface area (Å²) < 4.78 is 0. The molecule has 2 N–H and O–H groups in total. The van der Waals surface area contributed by atoms with Gasteiger partial charge in [0.15, 0.2) is 0 Å². The highest BCUT2D eigenvalue weighted by Gasteiger charge is 2.14. The van der Waals surface area contributed by atoms with Crippen LogP contribution in [-0.2, 0) is 0 Å². The van der Waals surface area contributed by atoms with E-state index >= 15 is 0 Å². The summed E-state index contributed by atoms with van der Waals surface area (Å²) in [6, 6.07) is 8.36. The van der Waals surface area contributed by atoms with Crippen LogP contribution >= 0.6 is 0 Å². The van der Waals surface area contributed by atoms with Crippen molar-refractivity contribution in [3.63, 3.8) is 0 Å². The standard InChI is InChI=1S/C15H25N3O/c1-6-11(2)18(5)15(19)17-14-9-7-8-13(10-14)12(3)16-4/h7-12,16H,6H2,1-5H3,(H,17,19). The van der Waals surface area contributed by atoms with E-state index in [1.807, 2.05) is 39.2 Å². The number of nitrogens with zero attached hydrogens (tertiary/aromatic N) is 1. The molecule has 1 rings (SSSR count). The molecule has 0 saturated carbocycles.